The Morgan fingerprint density at radius 3 is 2.45 bits per heavy atom. The van der Waals surface area contributed by atoms with Gasteiger partial charge < -0.3 is 14.4 Å². The predicted octanol–water partition coefficient (Wildman–Crippen LogP) is 4.71. The topological polar surface area (TPSA) is 55.8 Å². The molecule has 0 saturated carbocycles. The smallest absolute Gasteiger partial charge is 0.308 e. The Morgan fingerprint density at radius 2 is 1.83 bits per heavy atom. The van der Waals surface area contributed by atoms with Gasteiger partial charge in [0, 0.05) is 32.9 Å². The molecule has 2 aromatic rings. The van der Waals surface area contributed by atoms with Gasteiger partial charge in [0.1, 0.15) is 0 Å². The van der Waals surface area contributed by atoms with E-state index >= 15 is 0 Å². The van der Waals surface area contributed by atoms with Crippen LogP contribution in [0.1, 0.15) is 43.4 Å². The summed E-state index contributed by atoms with van der Waals surface area (Å²) in [6.45, 7) is 6.11. The molecule has 0 bridgehead atoms. The van der Waals surface area contributed by atoms with Crippen molar-refractivity contribution >= 4 is 23.5 Å². The van der Waals surface area contributed by atoms with Crippen LogP contribution in [0.15, 0.2) is 48.7 Å². The number of rotatable bonds is 4. The first-order chi connectivity index (χ1) is 13.9. The summed E-state index contributed by atoms with van der Waals surface area (Å²) in [5.74, 6) is -0.752. The molecular formula is C23H24ClNO4. The van der Waals surface area contributed by atoms with Gasteiger partial charge in [0.15, 0.2) is 11.5 Å². The highest BCUT2D eigenvalue weighted by molar-refractivity contribution is 6.33. The van der Waals surface area contributed by atoms with Gasteiger partial charge in [0.05, 0.1) is 5.02 Å². The Morgan fingerprint density at radius 1 is 1.14 bits per heavy atom. The molecule has 1 heterocycles. The lowest BCUT2D eigenvalue weighted by Gasteiger charge is -2.25. The third-order valence-electron chi connectivity index (χ3n) is 4.83. The summed E-state index contributed by atoms with van der Waals surface area (Å²) >= 11 is 6.70. The highest BCUT2D eigenvalue weighted by Gasteiger charge is 2.29. The zero-order valence-corrected chi connectivity index (χ0v) is 17.5. The van der Waals surface area contributed by atoms with Crippen LogP contribution in [0.2, 0.25) is 5.02 Å². The molecule has 0 saturated heterocycles. The zero-order valence-electron chi connectivity index (χ0n) is 16.8. The summed E-state index contributed by atoms with van der Waals surface area (Å²) in [7, 11) is 0. The van der Waals surface area contributed by atoms with E-state index in [2.05, 4.69) is 23.2 Å². The minimum absolute atomic E-state index is 0.0167. The Hall–Kier alpha value is -2.79. The number of hydrogen-bond donors (Lipinski definition) is 0. The van der Waals surface area contributed by atoms with Crippen LogP contribution < -0.4 is 9.47 Å². The van der Waals surface area contributed by atoms with Crippen LogP contribution in [0.3, 0.4) is 0 Å². The summed E-state index contributed by atoms with van der Waals surface area (Å²) in [6.07, 6.45) is 4.75. The van der Waals surface area contributed by atoms with E-state index in [0.717, 1.165) is 29.8 Å². The second kappa shape index (κ2) is 9.14. The van der Waals surface area contributed by atoms with Gasteiger partial charge >= 0.3 is 11.9 Å². The lowest BCUT2D eigenvalue weighted by molar-refractivity contribution is -0.134. The average Bonchev–Trinajstić information content (AvgIpc) is 2.85. The molecule has 0 radical (unpaired) electrons. The fraction of sp³-hybridized carbons (Fsp3) is 0.304. The van der Waals surface area contributed by atoms with E-state index in [1.165, 1.54) is 13.8 Å². The van der Waals surface area contributed by atoms with Crippen molar-refractivity contribution < 1.29 is 19.1 Å². The largest absolute Gasteiger partial charge is 0.423 e. The molecule has 0 aliphatic carbocycles. The molecule has 0 spiro atoms. The lowest BCUT2D eigenvalue weighted by Crippen LogP contribution is -2.23. The Balaban J connectivity index is 2.21. The number of allylic oxidation sites excluding steroid dienone is 1. The van der Waals surface area contributed by atoms with Crippen molar-refractivity contribution in [2.24, 2.45) is 0 Å². The molecule has 152 valence electrons. The first-order valence-electron chi connectivity index (χ1n) is 9.54. The van der Waals surface area contributed by atoms with Crippen molar-refractivity contribution in [1.29, 1.82) is 0 Å². The third kappa shape index (κ3) is 4.80. The number of nitrogens with zero attached hydrogens (tertiary/aromatic N) is 1. The van der Waals surface area contributed by atoms with Gasteiger partial charge in [0.2, 0.25) is 0 Å². The summed E-state index contributed by atoms with van der Waals surface area (Å²) in [4.78, 5) is 25.5. The minimum atomic E-state index is -0.524. The van der Waals surface area contributed by atoms with Crippen LogP contribution in [0.5, 0.6) is 11.5 Å². The van der Waals surface area contributed by atoms with Crippen molar-refractivity contribution in [3.63, 3.8) is 0 Å². The number of benzene rings is 2. The lowest BCUT2D eigenvalue weighted by atomic mass is 9.87. The number of ether oxygens (including phenoxy) is 2. The first-order valence-corrected chi connectivity index (χ1v) is 9.92. The van der Waals surface area contributed by atoms with Gasteiger partial charge in [0.25, 0.3) is 0 Å². The normalized spacial score (nSPS) is 16.3. The van der Waals surface area contributed by atoms with Gasteiger partial charge in [-0.15, -0.1) is 0 Å². The molecule has 6 heteroatoms. The Kier molecular flexibility index (Phi) is 6.60. The number of halogens is 1. The Bertz CT molecular complexity index is 940. The maximum absolute atomic E-state index is 11.7. The van der Waals surface area contributed by atoms with Gasteiger partial charge in [-0.25, -0.2) is 0 Å². The van der Waals surface area contributed by atoms with Crippen LogP contribution in [0.4, 0.5) is 0 Å². The highest BCUT2D eigenvalue weighted by Crippen LogP contribution is 2.45. The van der Waals surface area contributed by atoms with E-state index in [4.69, 9.17) is 21.1 Å². The number of esters is 2. The van der Waals surface area contributed by atoms with Gasteiger partial charge in [-0.2, -0.15) is 0 Å². The molecule has 1 unspecified atom stereocenters. The van der Waals surface area contributed by atoms with Crippen molar-refractivity contribution in [2.75, 3.05) is 13.1 Å². The summed E-state index contributed by atoms with van der Waals surface area (Å²) < 4.78 is 10.7. The van der Waals surface area contributed by atoms with Crippen LogP contribution in [-0.2, 0) is 16.0 Å². The second-order valence-corrected chi connectivity index (χ2v) is 7.34. The van der Waals surface area contributed by atoms with Crippen LogP contribution in [0, 0.1) is 0 Å². The fourth-order valence-electron chi connectivity index (χ4n) is 3.70. The maximum Gasteiger partial charge on any atom is 0.308 e. The fourth-order valence-corrected chi connectivity index (χ4v) is 4.03. The number of carbonyl (C=O) groups excluding carboxylic acids is 2. The van der Waals surface area contributed by atoms with E-state index in [1.807, 2.05) is 31.2 Å². The third-order valence-corrected chi connectivity index (χ3v) is 5.23. The Labute approximate surface area is 175 Å². The monoisotopic (exact) mass is 413 g/mol. The van der Waals surface area contributed by atoms with E-state index in [1.54, 1.807) is 6.07 Å². The van der Waals surface area contributed by atoms with Crippen molar-refractivity contribution in [1.82, 2.24) is 4.90 Å². The van der Waals surface area contributed by atoms with Gasteiger partial charge in [-0.3, -0.25) is 9.59 Å². The van der Waals surface area contributed by atoms with E-state index in [0.29, 0.717) is 11.4 Å². The van der Waals surface area contributed by atoms with Crippen molar-refractivity contribution in [3.05, 3.63) is 70.4 Å². The minimum Gasteiger partial charge on any atom is -0.423 e. The molecule has 3 rings (SSSR count). The molecule has 0 aromatic heterocycles. The molecule has 29 heavy (non-hydrogen) atoms. The van der Waals surface area contributed by atoms with E-state index < -0.39 is 11.9 Å². The van der Waals surface area contributed by atoms with Crippen LogP contribution in [-0.4, -0.2) is 29.9 Å². The van der Waals surface area contributed by atoms with Crippen LogP contribution in [0.25, 0.3) is 0 Å². The molecule has 1 aliphatic heterocycles. The molecule has 1 aliphatic rings. The molecule has 2 aromatic carbocycles. The zero-order chi connectivity index (χ0) is 21.0. The first kappa shape index (κ1) is 20.9. The summed E-state index contributed by atoms with van der Waals surface area (Å²) in [6, 6.07) is 11.9. The maximum atomic E-state index is 11.7. The molecule has 0 amide bonds. The standard InChI is InChI=1S/C23H24ClNO4/c1-4-11-25-12-10-18-19(20(14-25)17-8-6-5-7-9-17)13-21(28-15(2)26)23(22(18)24)29-16(3)27/h4-9,11,13,20H,10,12,14H2,1-3H3/b11-4+. The average molecular weight is 414 g/mol. The molecular weight excluding hydrogens is 390 g/mol. The second-order valence-electron chi connectivity index (χ2n) is 6.96. The predicted molar refractivity (Wildman–Crippen MR) is 112 cm³/mol. The number of carbonyl (C=O) groups is 2. The molecule has 1 atom stereocenters. The van der Waals surface area contributed by atoms with E-state index in [9.17, 15) is 9.59 Å². The molecule has 5 nitrogen and oxygen atoms in total. The van der Waals surface area contributed by atoms with Crippen molar-refractivity contribution in [3.8, 4) is 11.5 Å². The van der Waals surface area contributed by atoms with Crippen LogP contribution >= 0.6 is 11.6 Å². The molecule has 0 N–H and O–H groups in total. The molecule has 0 fully saturated rings. The van der Waals surface area contributed by atoms with E-state index in [-0.39, 0.29) is 17.4 Å². The SMILES string of the molecule is C/C=C/N1CCc2c(cc(OC(C)=O)c(OC(C)=O)c2Cl)C(c2ccccc2)C1. The highest BCUT2D eigenvalue weighted by atomic mass is 35.5. The summed E-state index contributed by atoms with van der Waals surface area (Å²) in [5.41, 5.74) is 3.01. The van der Waals surface area contributed by atoms with Gasteiger partial charge in [-0.05, 0) is 42.3 Å². The quantitative estimate of drug-likeness (QED) is 0.536. The number of hydrogen-bond acceptors (Lipinski definition) is 5. The summed E-state index contributed by atoms with van der Waals surface area (Å²) in [5, 5.41) is 0.317. The van der Waals surface area contributed by atoms with Gasteiger partial charge in [-0.1, -0.05) is 48.0 Å². The van der Waals surface area contributed by atoms with Crippen molar-refractivity contribution in [2.45, 2.75) is 33.1 Å². The number of fused-ring (bicyclic) bond motifs is 1.